The molecule has 2 saturated carbocycles. The Hall–Kier alpha value is -2.57. The highest BCUT2D eigenvalue weighted by atomic mass is 16.5. The van der Waals surface area contributed by atoms with Crippen LogP contribution in [0.1, 0.15) is 19.3 Å². The highest BCUT2D eigenvalue weighted by Gasteiger charge is 2.60. The molecule has 1 saturated heterocycles. The number of anilines is 1. The van der Waals surface area contributed by atoms with Crippen LogP contribution in [0.15, 0.2) is 18.2 Å². The van der Waals surface area contributed by atoms with E-state index in [4.69, 9.17) is 9.47 Å². The van der Waals surface area contributed by atoms with E-state index < -0.39 is 5.91 Å². The van der Waals surface area contributed by atoms with Crippen LogP contribution in [0.2, 0.25) is 0 Å². The highest BCUT2D eigenvalue weighted by molar-refractivity contribution is 6.09. The second kappa shape index (κ2) is 6.30. The standard InChI is InChI=1S/C19H22N2O5/c1-25-12-5-6-13(14(8-12)26-2)20-15(22)9-21-18(23)16-10-3-4-11(7-10)17(16)19(21)24/h5-6,8,10-11,16-17H,3-4,7,9H2,1-2H3,(H,20,22)/t10-,11-,16-,17-/m0/s1. The Morgan fingerprint density at radius 2 is 1.77 bits per heavy atom. The van der Waals surface area contributed by atoms with Crippen LogP contribution in [0.5, 0.6) is 11.5 Å². The van der Waals surface area contributed by atoms with Crippen molar-refractivity contribution in [2.24, 2.45) is 23.7 Å². The van der Waals surface area contributed by atoms with Gasteiger partial charge in [-0.3, -0.25) is 19.3 Å². The SMILES string of the molecule is COc1ccc(NC(=O)CN2C(=O)[C@H]3[C@H]4CC[C@@H](C4)[C@@H]3C2=O)c(OC)c1. The first kappa shape index (κ1) is 16.9. The van der Waals surface area contributed by atoms with Gasteiger partial charge < -0.3 is 14.8 Å². The lowest BCUT2D eigenvalue weighted by molar-refractivity contribution is -0.143. The van der Waals surface area contributed by atoms with Crippen molar-refractivity contribution in [3.63, 3.8) is 0 Å². The molecule has 1 aliphatic heterocycles. The van der Waals surface area contributed by atoms with Gasteiger partial charge in [-0.15, -0.1) is 0 Å². The minimum absolute atomic E-state index is 0.177. The molecule has 1 N–H and O–H groups in total. The molecular formula is C19H22N2O5. The quantitative estimate of drug-likeness (QED) is 0.810. The fraction of sp³-hybridized carbons (Fsp3) is 0.526. The fourth-order valence-electron chi connectivity index (χ4n) is 4.86. The van der Waals surface area contributed by atoms with Gasteiger partial charge in [0.1, 0.15) is 18.0 Å². The number of rotatable bonds is 5. The number of imide groups is 1. The predicted octanol–water partition coefficient (Wildman–Crippen LogP) is 1.67. The number of nitrogens with zero attached hydrogens (tertiary/aromatic N) is 1. The lowest BCUT2D eigenvalue weighted by Crippen LogP contribution is -2.39. The minimum Gasteiger partial charge on any atom is -0.497 e. The van der Waals surface area contributed by atoms with Crippen molar-refractivity contribution in [3.05, 3.63) is 18.2 Å². The number of nitrogens with one attached hydrogen (secondary N) is 1. The maximum Gasteiger partial charge on any atom is 0.244 e. The van der Waals surface area contributed by atoms with Gasteiger partial charge in [0.25, 0.3) is 0 Å². The molecule has 0 aromatic heterocycles. The van der Waals surface area contributed by atoms with E-state index >= 15 is 0 Å². The predicted molar refractivity (Wildman–Crippen MR) is 92.7 cm³/mol. The molecule has 7 nitrogen and oxygen atoms in total. The number of likely N-dealkylation sites (tertiary alicyclic amines) is 1. The average Bonchev–Trinajstić information content (AvgIpc) is 3.32. The van der Waals surface area contributed by atoms with Gasteiger partial charge in [-0.05, 0) is 43.2 Å². The van der Waals surface area contributed by atoms with Crippen molar-refractivity contribution in [2.45, 2.75) is 19.3 Å². The van der Waals surface area contributed by atoms with Gasteiger partial charge in [-0.1, -0.05) is 0 Å². The molecular weight excluding hydrogens is 336 g/mol. The molecule has 2 aliphatic carbocycles. The molecule has 3 amide bonds. The van der Waals surface area contributed by atoms with E-state index in [1.54, 1.807) is 25.3 Å². The lowest BCUT2D eigenvalue weighted by atomic mass is 9.81. The van der Waals surface area contributed by atoms with Crippen LogP contribution < -0.4 is 14.8 Å². The molecule has 0 spiro atoms. The third-order valence-corrected chi connectivity index (χ3v) is 6.00. The third-order valence-electron chi connectivity index (χ3n) is 6.00. The van der Waals surface area contributed by atoms with Crippen molar-refractivity contribution in [1.29, 1.82) is 0 Å². The van der Waals surface area contributed by atoms with E-state index in [9.17, 15) is 14.4 Å². The zero-order valence-electron chi connectivity index (χ0n) is 14.9. The number of ether oxygens (including phenoxy) is 2. The van der Waals surface area contributed by atoms with Crippen LogP contribution in [0.3, 0.4) is 0 Å². The Kier molecular flexibility index (Phi) is 4.09. The average molecular weight is 358 g/mol. The number of benzene rings is 1. The van der Waals surface area contributed by atoms with Crippen LogP contribution in [-0.2, 0) is 14.4 Å². The maximum atomic E-state index is 12.7. The molecule has 1 aromatic carbocycles. The highest BCUT2D eigenvalue weighted by Crippen LogP contribution is 2.56. The van der Waals surface area contributed by atoms with Gasteiger partial charge in [0.2, 0.25) is 17.7 Å². The Morgan fingerprint density at radius 3 is 2.35 bits per heavy atom. The normalized spacial score (nSPS) is 29.1. The first-order chi connectivity index (χ1) is 12.5. The zero-order chi connectivity index (χ0) is 18.4. The smallest absolute Gasteiger partial charge is 0.244 e. The molecule has 1 aromatic rings. The Balaban J connectivity index is 1.46. The molecule has 3 aliphatic rings. The van der Waals surface area contributed by atoms with E-state index in [2.05, 4.69) is 5.32 Å². The van der Waals surface area contributed by atoms with Crippen LogP contribution in [0, 0.1) is 23.7 Å². The first-order valence-electron chi connectivity index (χ1n) is 8.90. The molecule has 4 rings (SSSR count). The molecule has 138 valence electrons. The van der Waals surface area contributed by atoms with Gasteiger partial charge in [-0.25, -0.2) is 0 Å². The number of carbonyl (C=O) groups excluding carboxylic acids is 3. The van der Waals surface area contributed by atoms with E-state index in [1.807, 2.05) is 0 Å². The minimum atomic E-state index is -0.414. The summed E-state index contributed by atoms with van der Waals surface area (Å²) in [5, 5.41) is 2.72. The second-order valence-electron chi connectivity index (χ2n) is 7.26. The van der Waals surface area contributed by atoms with Gasteiger partial charge in [0.05, 0.1) is 31.7 Å². The van der Waals surface area contributed by atoms with Gasteiger partial charge in [0.15, 0.2) is 0 Å². The molecule has 3 fully saturated rings. The summed E-state index contributed by atoms with van der Waals surface area (Å²) < 4.78 is 10.4. The molecule has 26 heavy (non-hydrogen) atoms. The summed E-state index contributed by atoms with van der Waals surface area (Å²) >= 11 is 0. The monoisotopic (exact) mass is 358 g/mol. The zero-order valence-corrected chi connectivity index (χ0v) is 14.9. The third kappa shape index (κ3) is 2.53. The Bertz CT molecular complexity index is 749. The van der Waals surface area contributed by atoms with E-state index in [0.29, 0.717) is 29.0 Å². The summed E-state index contributed by atoms with van der Waals surface area (Å²) in [4.78, 5) is 38.9. The lowest BCUT2D eigenvalue weighted by Gasteiger charge is -2.19. The first-order valence-corrected chi connectivity index (χ1v) is 8.90. The van der Waals surface area contributed by atoms with Crippen molar-refractivity contribution in [1.82, 2.24) is 4.90 Å². The van der Waals surface area contributed by atoms with E-state index in [0.717, 1.165) is 24.2 Å². The van der Waals surface area contributed by atoms with Gasteiger partial charge in [-0.2, -0.15) is 0 Å². The Labute approximate surface area is 151 Å². The Morgan fingerprint density at radius 1 is 1.12 bits per heavy atom. The van der Waals surface area contributed by atoms with Crippen molar-refractivity contribution in [3.8, 4) is 11.5 Å². The number of methoxy groups -OCH3 is 2. The summed E-state index contributed by atoms with van der Waals surface area (Å²) in [6.07, 6.45) is 3.03. The topological polar surface area (TPSA) is 84.9 Å². The maximum absolute atomic E-state index is 12.7. The van der Waals surface area contributed by atoms with Crippen molar-refractivity contribution < 1.29 is 23.9 Å². The second-order valence-corrected chi connectivity index (χ2v) is 7.26. The van der Waals surface area contributed by atoms with Crippen molar-refractivity contribution in [2.75, 3.05) is 26.1 Å². The largest absolute Gasteiger partial charge is 0.497 e. The van der Waals surface area contributed by atoms with Crippen LogP contribution in [0.4, 0.5) is 5.69 Å². The summed E-state index contributed by atoms with van der Waals surface area (Å²) in [7, 11) is 3.04. The van der Waals surface area contributed by atoms with E-state index in [-0.39, 0.29) is 30.2 Å². The summed E-state index contributed by atoms with van der Waals surface area (Å²) in [5.41, 5.74) is 0.470. The molecule has 1 heterocycles. The molecule has 2 bridgehead atoms. The van der Waals surface area contributed by atoms with Gasteiger partial charge >= 0.3 is 0 Å². The molecule has 7 heteroatoms. The van der Waals surface area contributed by atoms with Crippen molar-refractivity contribution >= 4 is 23.4 Å². The summed E-state index contributed by atoms with van der Waals surface area (Å²) in [6, 6.07) is 5.02. The molecule has 0 unspecified atom stereocenters. The number of carbonyl (C=O) groups is 3. The summed E-state index contributed by atoms with van der Waals surface area (Å²) in [6.45, 7) is -0.251. The molecule has 4 atom stereocenters. The summed E-state index contributed by atoms with van der Waals surface area (Å²) in [5.74, 6) is 0.511. The van der Waals surface area contributed by atoms with E-state index in [1.165, 1.54) is 7.11 Å². The number of hydrogen-bond acceptors (Lipinski definition) is 5. The van der Waals surface area contributed by atoms with Crippen LogP contribution in [0.25, 0.3) is 0 Å². The fourth-order valence-corrected chi connectivity index (χ4v) is 4.86. The number of amides is 3. The van der Waals surface area contributed by atoms with Gasteiger partial charge in [0, 0.05) is 6.07 Å². The number of hydrogen-bond donors (Lipinski definition) is 1. The molecule has 0 radical (unpaired) electrons. The number of fused-ring (bicyclic) bond motifs is 5. The van der Waals surface area contributed by atoms with Crippen LogP contribution >= 0.6 is 0 Å². The van der Waals surface area contributed by atoms with Crippen LogP contribution in [-0.4, -0.2) is 43.4 Å².